The molecule has 0 fully saturated rings. The van der Waals surface area contributed by atoms with Gasteiger partial charge in [0.2, 0.25) is 0 Å². The molecule has 0 spiro atoms. The topological polar surface area (TPSA) is 78.6 Å². The Bertz CT molecular complexity index is 1050. The average molecular weight is 452 g/mol. The van der Waals surface area contributed by atoms with E-state index in [0.29, 0.717) is 17.1 Å². The van der Waals surface area contributed by atoms with Gasteiger partial charge in [-0.2, -0.15) is 0 Å². The number of amides is 1. The van der Waals surface area contributed by atoms with Gasteiger partial charge in [0.05, 0.1) is 5.56 Å². The summed E-state index contributed by atoms with van der Waals surface area (Å²) >= 11 is 3.34. The summed E-state index contributed by atoms with van der Waals surface area (Å²) in [7, 11) is 0. The lowest BCUT2D eigenvalue weighted by molar-refractivity contribution is -0.119. The van der Waals surface area contributed by atoms with Gasteiger partial charge in [-0.25, -0.2) is 0 Å². The number of ether oxygens (including phenoxy) is 2. The molecule has 29 heavy (non-hydrogen) atoms. The highest BCUT2D eigenvalue weighted by Crippen LogP contribution is 2.25. The van der Waals surface area contributed by atoms with Gasteiger partial charge in [0.1, 0.15) is 17.2 Å². The maximum Gasteiger partial charge on any atom is 0.255 e. The predicted octanol–water partition coefficient (Wildman–Crippen LogP) is 5.00. The van der Waals surface area contributed by atoms with E-state index in [1.807, 2.05) is 54.6 Å². The number of halogens is 1. The van der Waals surface area contributed by atoms with Crippen molar-refractivity contribution in [2.75, 3.05) is 6.61 Å². The molecule has 146 valence electrons. The number of carbonyl (C=O) groups excluding carboxylic acids is 2. The highest BCUT2D eigenvalue weighted by atomic mass is 79.9. The molecular weight excluding hydrogens is 434 g/mol. The maximum absolute atomic E-state index is 12.7. The van der Waals surface area contributed by atoms with Gasteiger partial charge < -0.3 is 15.2 Å². The van der Waals surface area contributed by atoms with Crippen LogP contribution in [-0.4, -0.2) is 18.3 Å². The van der Waals surface area contributed by atoms with E-state index in [9.17, 15) is 9.59 Å². The van der Waals surface area contributed by atoms with Crippen LogP contribution >= 0.6 is 15.9 Å². The number of ketones is 1. The summed E-state index contributed by atoms with van der Waals surface area (Å²) in [5.74, 6) is 0.814. The zero-order valence-corrected chi connectivity index (χ0v) is 17.0. The minimum atomic E-state index is -0.614. The van der Waals surface area contributed by atoms with E-state index in [0.717, 1.165) is 15.8 Å². The molecule has 0 aliphatic heterocycles. The van der Waals surface area contributed by atoms with Gasteiger partial charge in [-0.05, 0) is 54.1 Å². The second-order valence-corrected chi connectivity index (χ2v) is 7.00. The van der Waals surface area contributed by atoms with Crippen molar-refractivity contribution in [3.8, 4) is 17.2 Å². The van der Waals surface area contributed by atoms with E-state index >= 15 is 0 Å². The number of benzene rings is 3. The number of hydrogen-bond acceptors (Lipinski definition) is 4. The number of carbonyl (C=O) groups is 2. The summed E-state index contributed by atoms with van der Waals surface area (Å²) in [4.78, 5) is 23.6. The third kappa shape index (κ3) is 6.05. The van der Waals surface area contributed by atoms with Gasteiger partial charge in [0.25, 0.3) is 5.91 Å². The lowest BCUT2D eigenvalue weighted by atomic mass is 10.1. The summed E-state index contributed by atoms with van der Waals surface area (Å²) < 4.78 is 11.9. The largest absolute Gasteiger partial charge is 0.483 e. The Morgan fingerprint density at radius 1 is 0.931 bits per heavy atom. The zero-order valence-electron chi connectivity index (χ0n) is 15.4. The summed E-state index contributed by atoms with van der Waals surface area (Å²) in [6.45, 7) is -0.301. The summed E-state index contributed by atoms with van der Waals surface area (Å²) in [5, 5.41) is 0. The van der Waals surface area contributed by atoms with Crippen LogP contribution in [0.15, 0.2) is 83.3 Å². The second-order valence-electron chi connectivity index (χ2n) is 6.08. The summed E-state index contributed by atoms with van der Waals surface area (Å²) in [5.41, 5.74) is 6.25. The molecule has 5 nitrogen and oxygen atoms in total. The zero-order chi connectivity index (χ0) is 20.6. The first-order chi connectivity index (χ1) is 14.0. The third-order valence-electron chi connectivity index (χ3n) is 3.84. The Hall–Kier alpha value is -3.38. The van der Waals surface area contributed by atoms with E-state index in [2.05, 4.69) is 15.9 Å². The monoisotopic (exact) mass is 451 g/mol. The van der Waals surface area contributed by atoms with Crippen molar-refractivity contribution in [3.05, 3.63) is 94.5 Å². The van der Waals surface area contributed by atoms with Crippen LogP contribution in [0.4, 0.5) is 0 Å². The number of primary amides is 1. The van der Waals surface area contributed by atoms with Crippen molar-refractivity contribution in [2.45, 2.75) is 0 Å². The molecule has 0 saturated carbocycles. The predicted molar refractivity (Wildman–Crippen MR) is 115 cm³/mol. The van der Waals surface area contributed by atoms with E-state index in [-0.39, 0.29) is 12.4 Å². The maximum atomic E-state index is 12.7. The standard InChI is InChI=1S/C23H18BrNO4/c24-17-10-12-22(28-15-23(25)27)20(14-17)21(26)11-9-16-5-4-8-19(13-16)29-18-6-2-1-3-7-18/h1-14H,15H2,(H2,25,27)/b11-9+. The summed E-state index contributed by atoms with van der Waals surface area (Å²) in [6, 6.07) is 21.8. The molecule has 3 aromatic carbocycles. The number of nitrogens with two attached hydrogens (primary N) is 1. The number of allylic oxidation sites excluding steroid dienone is 1. The van der Waals surface area contributed by atoms with E-state index in [4.69, 9.17) is 15.2 Å². The van der Waals surface area contributed by atoms with Crippen molar-refractivity contribution >= 4 is 33.7 Å². The fraction of sp³-hybridized carbons (Fsp3) is 0.0435. The quantitative estimate of drug-likeness (QED) is 0.385. The van der Waals surface area contributed by atoms with Crippen molar-refractivity contribution < 1.29 is 19.1 Å². The highest BCUT2D eigenvalue weighted by Gasteiger charge is 2.12. The molecule has 0 bridgehead atoms. The van der Waals surface area contributed by atoms with Gasteiger partial charge in [-0.1, -0.05) is 52.3 Å². The molecule has 0 radical (unpaired) electrons. The Balaban J connectivity index is 1.76. The second kappa shape index (κ2) is 9.71. The molecule has 0 heterocycles. The fourth-order valence-corrected chi connectivity index (χ4v) is 2.90. The Kier molecular flexibility index (Phi) is 6.81. The molecule has 3 aromatic rings. The van der Waals surface area contributed by atoms with Gasteiger partial charge in [-0.15, -0.1) is 0 Å². The van der Waals surface area contributed by atoms with Gasteiger partial charge in [0.15, 0.2) is 12.4 Å². The molecule has 6 heteroatoms. The molecule has 1 amide bonds. The number of rotatable bonds is 8. The first kappa shape index (κ1) is 20.4. The molecule has 0 aliphatic rings. The summed E-state index contributed by atoms with van der Waals surface area (Å²) in [6.07, 6.45) is 3.14. The van der Waals surface area contributed by atoms with Crippen LogP contribution < -0.4 is 15.2 Å². The number of hydrogen-bond donors (Lipinski definition) is 1. The van der Waals surface area contributed by atoms with Crippen molar-refractivity contribution in [3.63, 3.8) is 0 Å². The highest BCUT2D eigenvalue weighted by molar-refractivity contribution is 9.10. The first-order valence-electron chi connectivity index (χ1n) is 8.77. The smallest absolute Gasteiger partial charge is 0.255 e. The molecule has 0 aromatic heterocycles. The van der Waals surface area contributed by atoms with E-state index < -0.39 is 5.91 Å². The Morgan fingerprint density at radius 2 is 1.69 bits per heavy atom. The van der Waals surface area contributed by atoms with E-state index in [1.54, 1.807) is 24.3 Å². The molecule has 0 atom stereocenters. The van der Waals surface area contributed by atoms with Crippen LogP contribution in [0.1, 0.15) is 15.9 Å². The van der Waals surface area contributed by atoms with Crippen LogP contribution in [0, 0.1) is 0 Å². The Morgan fingerprint density at radius 3 is 2.45 bits per heavy atom. The molecule has 0 unspecified atom stereocenters. The Labute approximate surface area is 176 Å². The van der Waals surface area contributed by atoms with Crippen molar-refractivity contribution in [1.82, 2.24) is 0 Å². The molecule has 3 rings (SSSR count). The lowest BCUT2D eigenvalue weighted by Crippen LogP contribution is -2.20. The minimum absolute atomic E-state index is 0.264. The van der Waals surface area contributed by atoms with Crippen molar-refractivity contribution in [1.29, 1.82) is 0 Å². The van der Waals surface area contributed by atoms with Gasteiger partial charge in [-0.3, -0.25) is 9.59 Å². The third-order valence-corrected chi connectivity index (χ3v) is 4.33. The van der Waals surface area contributed by atoms with Gasteiger partial charge >= 0.3 is 0 Å². The molecule has 0 aliphatic carbocycles. The van der Waals surface area contributed by atoms with Crippen LogP contribution in [0.2, 0.25) is 0 Å². The average Bonchev–Trinajstić information content (AvgIpc) is 2.72. The molecule has 2 N–H and O–H groups in total. The van der Waals surface area contributed by atoms with Crippen LogP contribution in [0.25, 0.3) is 6.08 Å². The lowest BCUT2D eigenvalue weighted by Gasteiger charge is -2.09. The molecule has 0 saturated heterocycles. The fourth-order valence-electron chi connectivity index (χ4n) is 2.54. The normalized spacial score (nSPS) is 10.7. The van der Waals surface area contributed by atoms with Crippen LogP contribution in [-0.2, 0) is 4.79 Å². The van der Waals surface area contributed by atoms with Gasteiger partial charge in [0, 0.05) is 4.47 Å². The van der Waals surface area contributed by atoms with E-state index in [1.165, 1.54) is 6.08 Å². The molecular formula is C23H18BrNO4. The first-order valence-corrected chi connectivity index (χ1v) is 9.56. The van der Waals surface area contributed by atoms with Crippen LogP contribution in [0.3, 0.4) is 0 Å². The van der Waals surface area contributed by atoms with Crippen molar-refractivity contribution in [2.24, 2.45) is 5.73 Å². The van der Waals surface area contributed by atoms with Crippen LogP contribution in [0.5, 0.6) is 17.2 Å². The number of para-hydroxylation sites is 1. The SMILES string of the molecule is NC(=O)COc1ccc(Br)cc1C(=O)/C=C/c1cccc(Oc2ccccc2)c1. The minimum Gasteiger partial charge on any atom is -0.483 e.